The molecule has 2 rings (SSSR count). The van der Waals surface area contributed by atoms with E-state index >= 15 is 0 Å². The molecule has 0 aliphatic carbocycles. The fourth-order valence-electron chi connectivity index (χ4n) is 1.87. The zero-order chi connectivity index (χ0) is 10.2. The largest absolute Gasteiger partial charge is 0.346 e. The van der Waals surface area contributed by atoms with Crippen molar-refractivity contribution in [3.05, 3.63) is 0 Å². The van der Waals surface area contributed by atoms with Crippen molar-refractivity contribution in [2.45, 2.75) is 18.6 Å². The van der Waals surface area contributed by atoms with Crippen LogP contribution in [-0.4, -0.2) is 44.8 Å². The van der Waals surface area contributed by atoms with Gasteiger partial charge < -0.3 is 9.47 Å². The Labute approximate surface area is 87.5 Å². The van der Waals surface area contributed by atoms with Crippen LogP contribution in [0, 0.1) is 0 Å². The highest BCUT2D eigenvalue weighted by Gasteiger charge is 2.43. The van der Waals surface area contributed by atoms with Crippen molar-refractivity contribution in [3.8, 4) is 0 Å². The molecule has 2 fully saturated rings. The number of hydrogen-bond acceptors (Lipinski definition) is 4. The lowest BCUT2D eigenvalue weighted by atomic mass is 10.1. The second-order valence-electron chi connectivity index (χ2n) is 3.49. The summed E-state index contributed by atoms with van der Waals surface area (Å²) in [6.07, 6.45) is 1.45. The summed E-state index contributed by atoms with van der Waals surface area (Å²) in [5, 5.41) is 0. The average molecular weight is 242 g/mol. The van der Waals surface area contributed by atoms with Gasteiger partial charge in [0.1, 0.15) is 0 Å². The number of rotatable bonds is 1. The van der Waals surface area contributed by atoms with E-state index in [4.69, 9.17) is 20.2 Å². The minimum Gasteiger partial charge on any atom is -0.346 e. The molecular formula is C7H12ClNO4S. The molecule has 2 saturated heterocycles. The summed E-state index contributed by atoms with van der Waals surface area (Å²) in [6, 6.07) is 0. The maximum Gasteiger partial charge on any atom is 0.299 e. The summed E-state index contributed by atoms with van der Waals surface area (Å²) in [5.41, 5.74) is 0. The first-order valence-corrected chi connectivity index (χ1v) is 6.76. The van der Waals surface area contributed by atoms with Gasteiger partial charge >= 0.3 is 0 Å². The highest BCUT2D eigenvalue weighted by Crippen LogP contribution is 2.31. The third-order valence-corrected chi connectivity index (χ3v) is 4.02. The number of halogens is 1. The van der Waals surface area contributed by atoms with Gasteiger partial charge in [0, 0.05) is 23.6 Å². The van der Waals surface area contributed by atoms with Gasteiger partial charge in [0.15, 0.2) is 5.79 Å². The topological polar surface area (TPSA) is 55.8 Å². The molecule has 0 aromatic carbocycles. The predicted molar refractivity (Wildman–Crippen MR) is 50.2 cm³/mol. The molecule has 1 spiro atoms. The van der Waals surface area contributed by atoms with E-state index in [-0.39, 0.29) is 6.54 Å². The second-order valence-corrected chi connectivity index (χ2v) is 6.00. The van der Waals surface area contributed by atoms with Crippen LogP contribution in [0.5, 0.6) is 0 Å². The highest BCUT2D eigenvalue weighted by molar-refractivity contribution is 8.11. The summed E-state index contributed by atoms with van der Waals surface area (Å²) in [4.78, 5) is 0. The fourth-order valence-corrected chi connectivity index (χ4v) is 2.92. The zero-order valence-corrected chi connectivity index (χ0v) is 9.18. The van der Waals surface area contributed by atoms with Gasteiger partial charge in [-0.25, -0.2) is 0 Å². The lowest BCUT2D eigenvalue weighted by molar-refractivity contribution is -0.178. The minimum atomic E-state index is -3.64. The van der Waals surface area contributed by atoms with E-state index in [1.54, 1.807) is 0 Å². The van der Waals surface area contributed by atoms with E-state index < -0.39 is 15.0 Å². The summed E-state index contributed by atoms with van der Waals surface area (Å²) in [5.74, 6) is -0.736. The normalized spacial score (nSPS) is 28.4. The van der Waals surface area contributed by atoms with Crippen LogP contribution in [0.15, 0.2) is 0 Å². The Bertz CT molecular complexity index is 312. The molecule has 0 aromatic heterocycles. The first-order valence-electron chi connectivity index (χ1n) is 4.50. The average Bonchev–Trinajstić information content (AvgIpc) is 2.52. The first-order chi connectivity index (χ1) is 6.52. The summed E-state index contributed by atoms with van der Waals surface area (Å²) >= 11 is 0. The smallest absolute Gasteiger partial charge is 0.299 e. The fraction of sp³-hybridized carbons (Fsp3) is 1.00. The van der Waals surface area contributed by atoms with E-state index in [2.05, 4.69) is 0 Å². The Kier molecular flexibility index (Phi) is 2.74. The van der Waals surface area contributed by atoms with Crippen LogP contribution in [-0.2, 0) is 18.7 Å². The molecule has 0 amide bonds. The molecule has 0 aromatic rings. The predicted octanol–water partition coefficient (Wildman–Crippen LogP) is 0.309. The van der Waals surface area contributed by atoms with Crippen molar-refractivity contribution >= 4 is 19.9 Å². The second kappa shape index (κ2) is 3.61. The molecule has 82 valence electrons. The molecule has 7 heteroatoms. The summed E-state index contributed by atoms with van der Waals surface area (Å²) in [6.45, 7) is 1.70. The monoisotopic (exact) mass is 241 g/mol. The van der Waals surface area contributed by atoms with Gasteiger partial charge in [-0.05, 0) is 6.42 Å². The molecule has 0 saturated carbocycles. The maximum atomic E-state index is 11.1. The lowest BCUT2D eigenvalue weighted by Crippen LogP contribution is -2.49. The molecule has 0 atom stereocenters. The molecule has 0 radical (unpaired) electrons. The van der Waals surface area contributed by atoms with Gasteiger partial charge in [-0.2, -0.15) is 12.7 Å². The van der Waals surface area contributed by atoms with Gasteiger partial charge in [0.25, 0.3) is 9.24 Å². The van der Waals surface area contributed by atoms with Crippen LogP contribution >= 0.6 is 10.7 Å². The van der Waals surface area contributed by atoms with E-state index in [0.717, 1.165) is 6.42 Å². The van der Waals surface area contributed by atoms with Crippen molar-refractivity contribution in [2.24, 2.45) is 0 Å². The molecular weight excluding hydrogens is 230 g/mol. The van der Waals surface area contributed by atoms with Gasteiger partial charge in [-0.3, -0.25) is 0 Å². The lowest BCUT2D eigenvalue weighted by Gasteiger charge is -2.36. The third kappa shape index (κ3) is 2.04. The summed E-state index contributed by atoms with van der Waals surface area (Å²) in [7, 11) is 1.62. The SMILES string of the molecule is O=S(=O)(Cl)N1CCCC2(C1)OCCO2. The third-order valence-electron chi connectivity index (χ3n) is 2.50. The van der Waals surface area contributed by atoms with Crippen molar-refractivity contribution in [1.29, 1.82) is 0 Å². The van der Waals surface area contributed by atoms with Crippen LogP contribution in [0.1, 0.15) is 12.8 Å². The minimum absolute atomic E-state index is 0.207. The van der Waals surface area contributed by atoms with Gasteiger partial charge in [0.2, 0.25) is 0 Å². The zero-order valence-electron chi connectivity index (χ0n) is 7.61. The molecule has 14 heavy (non-hydrogen) atoms. The number of hydrogen-bond donors (Lipinski definition) is 0. The summed E-state index contributed by atoms with van der Waals surface area (Å²) < 4.78 is 34.3. The van der Waals surface area contributed by atoms with E-state index in [0.29, 0.717) is 26.2 Å². The van der Waals surface area contributed by atoms with Crippen molar-refractivity contribution in [2.75, 3.05) is 26.3 Å². The van der Waals surface area contributed by atoms with Crippen molar-refractivity contribution in [3.63, 3.8) is 0 Å². The van der Waals surface area contributed by atoms with Crippen LogP contribution in [0.25, 0.3) is 0 Å². The van der Waals surface area contributed by atoms with Gasteiger partial charge in [-0.1, -0.05) is 0 Å². The Morgan fingerprint density at radius 3 is 2.50 bits per heavy atom. The van der Waals surface area contributed by atoms with Gasteiger partial charge in [0.05, 0.1) is 19.8 Å². The van der Waals surface area contributed by atoms with Crippen LogP contribution in [0.4, 0.5) is 0 Å². The number of nitrogens with zero attached hydrogens (tertiary/aromatic N) is 1. The van der Waals surface area contributed by atoms with Crippen LogP contribution in [0.2, 0.25) is 0 Å². The molecule has 0 N–H and O–H groups in total. The Morgan fingerprint density at radius 2 is 1.93 bits per heavy atom. The first kappa shape index (κ1) is 10.6. The van der Waals surface area contributed by atoms with Crippen LogP contribution in [0.3, 0.4) is 0 Å². The Balaban J connectivity index is 2.11. The maximum absolute atomic E-state index is 11.1. The number of ether oxygens (including phenoxy) is 2. The highest BCUT2D eigenvalue weighted by atomic mass is 35.7. The van der Waals surface area contributed by atoms with Crippen LogP contribution < -0.4 is 0 Å². The molecule has 2 aliphatic heterocycles. The van der Waals surface area contributed by atoms with Crippen molar-refractivity contribution in [1.82, 2.24) is 4.31 Å². The molecule has 5 nitrogen and oxygen atoms in total. The standard InChI is InChI=1S/C7H12ClNO4S/c8-14(10,11)9-3-1-2-7(6-9)12-4-5-13-7/h1-6H2. The number of piperidine rings is 1. The quantitative estimate of drug-likeness (QED) is 0.620. The Hall–Kier alpha value is 0.120. The van der Waals surface area contributed by atoms with Crippen molar-refractivity contribution < 1.29 is 17.9 Å². The molecule has 2 aliphatic rings. The van der Waals surface area contributed by atoms with E-state index in [1.807, 2.05) is 0 Å². The van der Waals surface area contributed by atoms with E-state index in [9.17, 15) is 8.42 Å². The molecule has 0 unspecified atom stereocenters. The molecule has 0 bridgehead atoms. The van der Waals surface area contributed by atoms with E-state index in [1.165, 1.54) is 4.31 Å². The Morgan fingerprint density at radius 1 is 1.29 bits per heavy atom. The molecule has 2 heterocycles. The van der Waals surface area contributed by atoms with Gasteiger partial charge in [-0.15, -0.1) is 0 Å².